The molecule has 0 N–H and O–H groups in total. The predicted octanol–water partition coefficient (Wildman–Crippen LogP) is 32.7. The molecule has 0 aliphatic heterocycles. The molecule has 0 heterocycles. The van der Waals surface area contributed by atoms with Gasteiger partial charge in [-0.25, -0.2) is 0 Å². The third-order valence-electron chi connectivity index (χ3n) is 29.4. The van der Waals surface area contributed by atoms with Gasteiger partial charge in [-0.2, -0.15) is 0 Å². The van der Waals surface area contributed by atoms with Crippen molar-refractivity contribution in [2.24, 2.45) is 0 Å². The van der Waals surface area contributed by atoms with Crippen LogP contribution in [0.25, 0.3) is 66.1 Å². The van der Waals surface area contributed by atoms with Gasteiger partial charge in [-0.15, -0.1) is 0 Å². The second-order valence-electron chi connectivity index (χ2n) is 36.8. The Kier molecular flexibility index (Phi) is 24.7. The summed E-state index contributed by atoms with van der Waals surface area (Å²) in [5, 5.41) is 5.72. The number of rotatable bonds is 28. The van der Waals surface area contributed by atoms with E-state index in [0.29, 0.717) is 0 Å². The topological polar surface area (TPSA) is 0 Å². The Hall–Kier alpha value is -8.32. The summed E-state index contributed by atoms with van der Waals surface area (Å²) < 4.78 is 0. The summed E-state index contributed by atoms with van der Waals surface area (Å²) in [7, 11) is 0. The first-order valence-electron chi connectivity index (χ1n) is 46.0. The molecule has 10 aromatic rings. The average Bonchev–Trinajstić information content (AvgIpc) is 1.55. The normalized spacial score (nSPS) is 18.9. The van der Waals surface area contributed by atoms with Gasteiger partial charge < -0.3 is 0 Å². The van der Waals surface area contributed by atoms with E-state index in [0.717, 1.165) is 25.7 Å². The standard InChI is InChI=1S/2C30H34.2C27H34/c1-4-5-6-7-8-11-18-30-19-12-15-24-21(2)16-17-26(29(24)30)28-25-14-10-9-13-23(25)22(3)20-27(28)30;1-4-5-6-7-8-11-18-30-19-12-15-24-22(3)23-13-9-10-14-25(23)28(29(24)30)26-17-16-21(2)20-27(26)30;1-5-6-7-8-9-10-17-27-18-11-12-22-20(3)14-16-24(26(22)27)23-15-13-19(2)21(4)25(23)27;1-5-6-7-8-9-10-15-27-16-11-12-22-19(2)13-14-23(26(22)27)24-17-20(3)21(4)18-25(24)27/h2*9-10,12-14,16-17,19-20H,4-8,11,15,18H2,1-3H3;11,13-16,18H,5-10,12,17H2,1-4H3;11,13-14,16-18H,5-10,12,15H2,1-4H3. The summed E-state index contributed by atoms with van der Waals surface area (Å²) >= 11 is 0. The second kappa shape index (κ2) is 34.9. The van der Waals surface area contributed by atoms with Crippen molar-refractivity contribution < 1.29 is 0 Å². The van der Waals surface area contributed by atoms with Crippen molar-refractivity contribution in [3.8, 4) is 44.5 Å². The number of unbranched alkanes of at least 4 members (excludes halogenated alkanes) is 20. The second-order valence-corrected chi connectivity index (χ2v) is 36.8. The molecule has 592 valence electrons. The van der Waals surface area contributed by atoms with Gasteiger partial charge in [0.05, 0.1) is 0 Å². The van der Waals surface area contributed by atoms with E-state index < -0.39 is 0 Å². The van der Waals surface area contributed by atoms with Crippen LogP contribution in [0, 0.1) is 69.2 Å². The molecule has 0 amide bonds. The summed E-state index contributed by atoms with van der Waals surface area (Å²) in [5.41, 5.74) is 46.0. The van der Waals surface area contributed by atoms with Crippen molar-refractivity contribution >= 4 is 21.5 Å². The molecule has 10 aromatic carbocycles. The number of benzene rings is 10. The Morgan fingerprint density at radius 2 is 0.596 bits per heavy atom. The number of fused-ring (bicyclic) bond motifs is 16. The Bertz CT molecular complexity index is 5320. The third-order valence-corrected chi connectivity index (χ3v) is 29.4. The van der Waals surface area contributed by atoms with Crippen molar-refractivity contribution in [3.05, 3.63) is 304 Å². The highest BCUT2D eigenvalue weighted by atomic mass is 14.5. The van der Waals surface area contributed by atoms with Crippen LogP contribution >= 0.6 is 0 Å². The first-order valence-corrected chi connectivity index (χ1v) is 46.0. The summed E-state index contributed by atoms with van der Waals surface area (Å²) in [4.78, 5) is 0. The quantitative estimate of drug-likeness (QED) is 0.0339. The van der Waals surface area contributed by atoms with Crippen molar-refractivity contribution in [2.75, 3.05) is 0 Å². The van der Waals surface area contributed by atoms with E-state index in [1.807, 2.05) is 0 Å². The number of allylic oxidation sites excluding steroid dienone is 8. The molecular weight excluding hydrogens is 1370 g/mol. The van der Waals surface area contributed by atoms with Gasteiger partial charge in [0, 0.05) is 21.7 Å². The van der Waals surface area contributed by atoms with Gasteiger partial charge in [0.2, 0.25) is 0 Å². The molecule has 18 rings (SSSR count). The van der Waals surface area contributed by atoms with E-state index in [-0.39, 0.29) is 21.7 Å². The molecule has 8 aliphatic rings. The Balaban J connectivity index is 0.000000120. The lowest BCUT2D eigenvalue weighted by atomic mass is 9.68. The summed E-state index contributed by atoms with van der Waals surface area (Å²) in [6, 6.07) is 51.7. The zero-order valence-corrected chi connectivity index (χ0v) is 72.9. The maximum Gasteiger partial charge on any atom is 0.0400 e. The van der Waals surface area contributed by atoms with Crippen LogP contribution in [0.3, 0.4) is 0 Å². The van der Waals surface area contributed by atoms with E-state index in [4.69, 9.17) is 0 Å². The molecule has 0 fully saturated rings. The lowest BCUT2D eigenvalue weighted by Crippen LogP contribution is -2.28. The third kappa shape index (κ3) is 14.5. The molecule has 0 nitrogen and oxygen atoms in total. The van der Waals surface area contributed by atoms with Crippen LogP contribution in [0.2, 0.25) is 0 Å². The highest BCUT2D eigenvalue weighted by molar-refractivity contribution is 6.07. The van der Waals surface area contributed by atoms with Crippen molar-refractivity contribution in [1.82, 2.24) is 0 Å². The van der Waals surface area contributed by atoms with Crippen molar-refractivity contribution in [3.63, 3.8) is 0 Å². The van der Waals surface area contributed by atoms with Gasteiger partial charge in [-0.3, -0.25) is 0 Å². The van der Waals surface area contributed by atoms with Crippen LogP contribution in [-0.4, -0.2) is 0 Å². The molecule has 0 bridgehead atoms. The van der Waals surface area contributed by atoms with Crippen molar-refractivity contribution in [2.45, 2.75) is 324 Å². The van der Waals surface area contributed by atoms with Crippen LogP contribution in [-0.2, 0) is 47.3 Å². The van der Waals surface area contributed by atoms with Gasteiger partial charge in [0.15, 0.2) is 0 Å². The number of hydrogen-bond acceptors (Lipinski definition) is 0. The Morgan fingerprint density at radius 3 is 1.12 bits per heavy atom. The minimum absolute atomic E-state index is 0.0732. The molecule has 114 heavy (non-hydrogen) atoms. The minimum atomic E-state index is 0.0732. The maximum atomic E-state index is 2.57. The molecule has 4 unspecified atom stereocenters. The summed E-state index contributed by atoms with van der Waals surface area (Å²) in [6.07, 6.45) is 62.1. The fourth-order valence-electron chi connectivity index (χ4n) is 23.2. The zero-order chi connectivity index (χ0) is 79.5. The van der Waals surface area contributed by atoms with Crippen LogP contribution in [0.5, 0.6) is 0 Å². The van der Waals surface area contributed by atoms with Gasteiger partial charge in [-0.1, -0.05) is 369 Å². The van der Waals surface area contributed by atoms with Crippen LogP contribution < -0.4 is 0 Å². The largest absolute Gasteiger partial charge is 0.0829 e. The van der Waals surface area contributed by atoms with E-state index in [9.17, 15) is 0 Å². The molecule has 8 aliphatic carbocycles. The lowest BCUT2D eigenvalue weighted by molar-refractivity contribution is 0.509. The first kappa shape index (κ1) is 80.8. The summed E-state index contributed by atoms with van der Waals surface area (Å²) in [5.74, 6) is 0. The van der Waals surface area contributed by atoms with Gasteiger partial charge in [0.25, 0.3) is 0 Å². The average molecular weight is 1510 g/mol. The Labute approximate surface area is 690 Å². The van der Waals surface area contributed by atoms with Crippen LogP contribution in [0.1, 0.15) is 330 Å². The monoisotopic (exact) mass is 1510 g/mol. The maximum absolute atomic E-state index is 2.57. The molecular formula is C114H136. The molecule has 0 saturated heterocycles. The van der Waals surface area contributed by atoms with E-state index >= 15 is 0 Å². The highest BCUT2D eigenvalue weighted by Crippen LogP contribution is 2.63. The smallest absolute Gasteiger partial charge is 0.0400 e. The Morgan fingerprint density at radius 1 is 0.237 bits per heavy atom. The molecule has 4 atom stereocenters. The van der Waals surface area contributed by atoms with Gasteiger partial charge in [-0.05, 0) is 303 Å². The summed E-state index contributed by atoms with van der Waals surface area (Å²) in [6.45, 7) is 32.1. The van der Waals surface area contributed by atoms with Crippen LogP contribution in [0.4, 0.5) is 0 Å². The van der Waals surface area contributed by atoms with Crippen LogP contribution in [0.15, 0.2) is 182 Å². The molecule has 0 aromatic heterocycles. The number of hydrogen-bond donors (Lipinski definition) is 0. The van der Waals surface area contributed by atoms with E-state index in [2.05, 4.69) is 279 Å². The zero-order valence-electron chi connectivity index (χ0n) is 72.9. The molecule has 0 spiro atoms. The predicted molar refractivity (Wildman–Crippen MR) is 496 cm³/mol. The SMILES string of the molecule is CCCCCCCCC12C=CCc3c(C)ccc(c31)-c1c2cc(C)c2ccccc12.CCCCCCCCC12C=CCc3c(C)ccc(c31)-c1cc(C)c(C)cc12.CCCCCCCCC12C=CCc3c(C)ccc(c31)-c1ccc(C)c(C)c12.CCCCCCCCC12C=CCc3c1c(c1ccccc1c3C)-c1ccc(C)cc12. The number of aryl methyl sites for hydroxylation is 9. The minimum Gasteiger partial charge on any atom is -0.0829 e. The fourth-order valence-corrected chi connectivity index (χ4v) is 23.2. The molecule has 0 saturated carbocycles. The highest BCUT2D eigenvalue weighted by Gasteiger charge is 2.49. The first-order chi connectivity index (χ1) is 55.5. The molecule has 0 radical (unpaired) electrons. The van der Waals surface area contributed by atoms with Gasteiger partial charge in [0.1, 0.15) is 0 Å². The van der Waals surface area contributed by atoms with E-state index in [1.165, 1.54) is 301 Å². The van der Waals surface area contributed by atoms with E-state index in [1.54, 1.807) is 66.8 Å². The van der Waals surface area contributed by atoms with Crippen molar-refractivity contribution in [1.29, 1.82) is 0 Å². The van der Waals surface area contributed by atoms with Gasteiger partial charge >= 0.3 is 0 Å². The molecule has 0 heteroatoms. The fraction of sp³-hybridized carbons (Fsp3) is 0.439. The lowest BCUT2D eigenvalue weighted by Gasteiger charge is -2.35.